The van der Waals surface area contributed by atoms with Crippen molar-refractivity contribution in [2.75, 3.05) is 7.05 Å². The van der Waals surface area contributed by atoms with Crippen molar-refractivity contribution < 1.29 is 10.2 Å². The molecule has 10 heavy (non-hydrogen) atoms. The molecule has 1 aliphatic rings. The van der Waals surface area contributed by atoms with Gasteiger partial charge in [-0.15, -0.1) is 10.0 Å². The van der Waals surface area contributed by atoms with Crippen molar-refractivity contribution in [2.45, 2.75) is 18.9 Å². The van der Waals surface area contributed by atoms with Gasteiger partial charge in [0.1, 0.15) is 6.20 Å². The molecule has 1 saturated carbocycles. The summed E-state index contributed by atoms with van der Waals surface area (Å²) in [5.41, 5.74) is 0. The largest absolute Gasteiger partial charge is 0.594 e. The van der Waals surface area contributed by atoms with Gasteiger partial charge in [-0.25, -0.2) is 0 Å². The summed E-state index contributed by atoms with van der Waals surface area (Å²) in [5.74, 6) is 0. The van der Waals surface area contributed by atoms with Gasteiger partial charge in [-0.1, -0.05) is 0 Å². The number of quaternary nitrogens is 1. The topological polar surface area (TPSA) is 40.0 Å². The lowest BCUT2D eigenvalue weighted by atomic mass is 10.7. The Morgan fingerprint density at radius 1 is 1.80 bits per heavy atom. The highest BCUT2D eigenvalue weighted by molar-refractivity contribution is 4.77. The van der Waals surface area contributed by atoms with Gasteiger partial charge in [0.15, 0.2) is 0 Å². The number of nitrogens with one attached hydrogen (secondary N) is 1. The molecule has 0 bridgehead atoms. The fourth-order valence-corrected chi connectivity index (χ4v) is 0.692. The molecule has 1 fully saturated rings. The summed E-state index contributed by atoms with van der Waals surface area (Å²) in [6, 6.07) is 0.448. The molecule has 0 aromatic carbocycles. The van der Waals surface area contributed by atoms with E-state index in [-0.39, 0.29) is 5.23 Å². The quantitative estimate of drug-likeness (QED) is 0.538. The minimum Gasteiger partial charge on any atom is -0.594 e. The molecule has 4 heteroatoms. The molecule has 1 N–H and O–H groups in total. The molecule has 0 aromatic rings. The van der Waals surface area contributed by atoms with Crippen molar-refractivity contribution >= 4 is 0 Å². The highest BCUT2D eigenvalue weighted by atomic mass is 17.0. The van der Waals surface area contributed by atoms with Crippen molar-refractivity contribution in [2.24, 2.45) is 0 Å². The van der Waals surface area contributed by atoms with E-state index in [0.29, 0.717) is 6.04 Å². The van der Waals surface area contributed by atoms with Crippen LogP contribution in [-0.2, 0) is 4.94 Å². The smallest absolute Gasteiger partial charge is 0.121 e. The van der Waals surface area contributed by atoms with Crippen LogP contribution in [0.4, 0.5) is 0 Å². The molecule has 0 aliphatic heterocycles. The average molecular weight is 144 g/mol. The van der Waals surface area contributed by atoms with Crippen LogP contribution in [0.5, 0.6) is 0 Å². The van der Waals surface area contributed by atoms with Crippen LogP contribution in [0.1, 0.15) is 12.8 Å². The molecule has 1 unspecified atom stereocenters. The summed E-state index contributed by atoms with van der Waals surface area (Å²) in [6.07, 6.45) is 3.42. The lowest BCUT2D eigenvalue weighted by Gasteiger charge is -2.20. The van der Waals surface area contributed by atoms with E-state index in [0.717, 1.165) is 12.8 Å². The van der Waals surface area contributed by atoms with Crippen molar-refractivity contribution in [1.82, 2.24) is 5.06 Å². The zero-order valence-electron chi connectivity index (χ0n) is 6.04. The molecule has 0 spiro atoms. The van der Waals surface area contributed by atoms with Crippen molar-refractivity contribution in [3.05, 3.63) is 18.0 Å². The lowest BCUT2D eigenvalue weighted by molar-refractivity contribution is -1.04. The van der Waals surface area contributed by atoms with E-state index < -0.39 is 0 Å². The summed E-state index contributed by atoms with van der Waals surface area (Å²) in [7, 11) is 1.76. The number of hydrogen-bond acceptors (Lipinski definition) is 3. The molecule has 0 saturated heterocycles. The minimum absolute atomic E-state index is 0.380. The van der Waals surface area contributed by atoms with Gasteiger partial charge < -0.3 is 5.21 Å². The molecule has 0 amide bonds. The second-order valence-electron chi connectivity index (χ2n) is 2.39. The standard InChI is InChI=1S/C6H12N2O2/c1-3-8(9)10-7(2)6-4-5-6/h3,6,8H,1,4-5H2,2H3. The third kappa shape index (κ3) is 2.07. The van der Waals surface area contributed by atoms with Gasteiger partial charge in [0.2, 0.25) is 0 Å². The Kier molecular flexibility index (Phi) is 2.39. The molecule has 58 valence electrons. The van der Waals surface area contributed by atoms with Crippen LogP contribution in [0.2, 0.25) is 0 Å². The van der Waals surface area contributed by atoms with Gasteiger partial charge in [0, 0.05) is 13.1 Å². The SMILES string of the molecule is C=C[NH+]([O-])ON(C)C1CC1. The van der Waals surface area contributed by atoms with Crippen molar-refractivity contribution in [3.8, 4) is 0 Å². The fraction of sp³-hybridized carbons (Fsp3) is 0.667. The van der Waals surface area contributed by atoms with Gasteiger partial charge >= 0.3 is 0 Å². The van der Waals surface area contributed by atoms with Crippen LogP contribution >= 0.6 is 0 Å². The predicted octanol–water partition coefficient (Wildman–Crippen LogP) is -0.547. The normalized spacial score (nSPS) is 21.1. The Labute approximate surface area is 60.2 Å². The van der Waals surface area contributed by atoms with Gasteiger partial charge in [0.05, 0.1) is 0 Å². The molecule has 0 aromatic heterocycles. The monoisotopic (exact) mass is 144 g/mol. The molecular formula is C6H12N2O2. The maximum absolute atomic E-state index is 10.6. The zero-order valence-corrected chi connectivity index (χ0v) is 6.04. The van der Waals surface area contributed by atoms with Crippen molar-refractivity contribution in [3.63, 3.8) is 0 Å². The van der Waals surface area contributed by atoms with E-state index in [1.54, 1.807) is 12.1 Å². The predicted molar refractivity (Wildman–Crippen MR) is 36.4 cm³/mol. The van der Waals surface area contributed by atoms with Crippen LogP contribution < -0.4 is 5.23 Å². The molecule has 1 rings (SSSR count). The Bertz CT molecular complexity index is 125. The summed E-state index contributed by atoms with van der Waals surface area (Å²) in [6.45, 7) is 3.29. The first kappa shape index (κ1) is 7.68. The Morgan fingerprint density at radius 2 is 2.40 bits per heavy atom. The number of nitrogens with zero attached hydrogens (tertiary/aromatic N) is 1. The van der Waals surface area contributed by atoms with Gasteiger partial charge in [-0.3, -0.25) is 0 Å². The Morgan fingerprint density at radius 3 is 2.80 bits per heavy atom. The average Bonchev–Trinajstić information content (AvgIpc) is 2.68. The third-order valence-corrected chi connectivity index (χ3v) is 1.46. The second-order valence-corrected chi connectivity index (χ2v) is 2.39. The fourth-order valence-electron chi connectivity index (χ4n) is 0.692. The molecule has 4 nitrogen and oxygen atoms in total. The summed E-state index contributed by atoms with van der Waals surface area (Å²) < 4.78 is 0. The Hall–Kier alpha value is -0.420. The van der Waals surface area contributed by atoms with E-state index in [9.17, 15) is 5.21 Å². The number of hydroxylamine groups is 4. The van der Waals surface area contributed by atoms with E-state index in [1.165, 1.54) is 6.20 Å². The van der Waals surface area contributed by atoms with Crippen LogP contribution in [0, 0.1) is 5.21 Å². The first-order chi connectivity index (χ1) is 4.74. The third-order valence-electron chi connectivity index (χ3n) is 1.46. The number of rotatable bonds is 4. The van der Waals surface area contributed by atoms with Crippen LogP contribution in [-0.4, -0.2) is 18.2 Å². The second kappa shape index (κ2) is 3.12. The van der Waals surface area contributed by atoms with E-state index in [2.05, 4.69) is 6.58 Å². The minimum atomic E-state index is -0.380. The van der Waals surface area contributed by atoms with Gasteiger partial charge in [0.25, 0.3) is 0 Å². The highest BCUT2D eigenvalue weighted by Crippen LogP contribution is 2.24. The van der Waals surface area contributed by atoms with Gasteiger partial charge in [-0.2, -0.15) is 5.23 Å². The van der Waals surface area contributed by atoms with Crippen LogP contribution in [0.15, 0.2) is 12.8 Å². The maximum Gasteiger partial charge on any atom is 0.121 e. The van der Waals surface area contributed by atoms with E-state index in [1.807, 2.05) is 0 Å². The van der Waals surface area contributed by atoms with Gasteiger partial charge in [-0.05, 0) is 19.4 Å². The Balaban J connectivity index is 2.15. The number of hydrogen-bond donors (Lipinski definition) is 1. The lowest BCUT2D eigenvalue weighted by Crippen LogP contribution is -3.02. The molecule has 1 aliphatic carbocycles. The summed E-state index contributed by atoms with van der Waals surface area (Å²) in [5, 5.41) is 11.8. The van der Waals surface area contributed by atoms with Crippen LogP contribution in [0.25, 0.3) is 0 Å². The van der Waals surface area contributed by atoms with E-state index >= 15 is 0 Å². The van der Waals surface area contributed by atoms with E-state index in [4.69, 9.17) is 4.94 Å². The summed E-state index contributed by atoms with van der Waals surface area (Å²) in [4.78, 5) is 4.80. The molecule has 0 radical (unpaired) electrons. The maximum atomic E-state index is 10.6. The first-order valence-electron chi connectivity index (χ1n) is 3.31. The molecular weight excluding hydrogens is 132 g/mol. The summed E-state index contributed by atoms with van der Waals surface area (Å²) >= 11 is 0. The zero-order chi connectivity index (χ0) is 7.56. The molecule has 0 heterocycles. The molecule has 1 atom stereocenters. The highest BCUT2D eigenvalue weighted by Gasteiger charge is 2.28. The van der Waals surface area contributed by atoms with Crippen molar-refractivity contribution in [1.29, 1.82) is 0 Å². The van der Waals surface area contributed by atoms with Crippen LogP contribution in [0.3, 0.4) is 0 Å². The first-order valence-corrected chi connectivity index (χ1v) is 3.31.